The molecule has 2 aromatic heterocycles. The van der Waals surface area contributed by atoms with Crippen LogP contribution in [-0.2, 0) is 0 Å². The number of aromatic nitrogens is 1. The number of hydrogen-bond acceptors (Lipinski definition) is 1. The lowest BCUT2D eigenvalue weighted by atomic mass is 10.2. The molecule has 0 atom stereocenters. The third-order valence-electron chi connectivity index (χ3n) is 2.20. The molecule has 54 valence electrons. The number of H-pyrrole nitrogens is 1. The molecule has 1 N–H and O–H groups in total. The Kier molecular flexibility index (Phi) is 0.677. The van der Waals surface area contributed by atoms with Crippen molar-refractivity contribution in [3.8, 4) is 0 Å². The summed E-state index contributed by atoms with van der Waals surface area (Å²) in [4.78, 5) is 3.18. The molecule has 11 heavy (non-hydrogen) atoms. The van der Waals surface area contributed by atoms with Gasteiger partial charge in [-0.05, 0) is 19.1 Å². The van der Waals surface area contributed by atoms with Gasteiger partial charge in [-0.3, -0.25) is 0 Å². The molecule has 0 radical (unpaired) electrons. The molecule has 0 spiro atoms. The lowest BCUT2D eigenvalue weighted by molar-refractivity contribution is 0.649. The Morgan fingerprint density at radius 3 is 2.91 bits per heavy atom. The van der Waals surface area contributed by atoms with Gasteiger partial charge in [-0.2, -0.15) is 0 Å². The van der Waals surface area contributed by atoms with E-state index >= 15 is 0 Å². The van der Waals surface area contributed by atoms with Crippen LogP contribution in [0.4, 0.5) is 0 Å². The number of aryl methyl sites for hydroxylation is 1. The van der Waals surface area contributed by atoms with Crippen molar-refractivity contribution in [1.82, 2.24) is 4.98 Å². The molecule has 2 nitrogen and oxygen atoms in total. The maximum Gasteiger partial charge on any atom is 0.201 e. The van der Waals surface area contributed by atoms with Gasteiger partial charge in [0.2, 0.25) is 5.71 Å². The van der Waals surface area contributed by atoms with Gasteiger partial charge in [0, 0.05) is 10.9 Å². The number of rotatable bonds is 0. The molecule has 0 aliphatic carbocycles. The molecule has 3 rings (SSSR count). The summed E-state index contributed by atoms with van der Waals surface area (Å²) >= 11 is 0. The van der Waals surface area contributed by atoms with Gasteiger partial charge in [-0.15, -0.1) is 0 Å². The predicted octanol–water partition coefficient (Wildman–Crippen LogP) is 2.66. The average Bonchev–Trinajstić information content (AvgIpc) is 2.43. The van der Waals surface area contributed by atoms with Crippen LogP contribution in [-0.4, -0.2) is 4.98 Å². The zero-order chi connectivity index (χ0) is 7.42. The third kappa shape index (κ3) is 0.452. The maximum absolute atomic E-state index is 5.46. The summed E-state index contributed by atoms with van der Waals surface area (Å²) in [5, 5.41) is 1.24. The molecule has 2 heteroatoms. The zero-order valence-electron chi connectivity index (χ0n) is 6.14. The zero-order valence-corrected chi connectivity index (χ0v) is 6.14. The quantitative estimate of drug-likeness (QED) is 0.517. The van der Waals surface area contributed by atoms with Crippen LogP contribution in [0.2, 0.25) is 0 Å². The lowest BCUT2D eigenvalue weighted by Gasteiger charge is -1.91. The summed E-state index contributed by atoms with van der Waals surface area (Å²) in [6.45, 7) is 2.07. The number of furan rings is 1. The third-order valence-corrected chi connectivity index (χ3v) is 2.20. The topological polar surface area (TPSA) is 28.9 Å². The molecule has 0 amide bonds. The Balaban J connectivity index is 2.82. The highest BCUT2D eigenvalue weighted by Gasteiger charge is 2.12. The second kappa shape index (κ2) is 1.42. The second-order valence-electron chi connectivity index (χ2n) is 2.86. The van der Waals surface area contributed by atoms with Gasteiger partial charge in [-0.1, -0.05) is 6.07 Å². The van der Waals surface area contributed by atoms with Gasteiger partial charge in [0.1, 0.15) is 5.58 Å². The smallest absolute Gasteiger partial charge is 0.201 e. The number of aromatic amines is 1. The Bertz CT molecular complexity index is 468. The summed E-state index contributed by atoms with van der Waals surface area (Å²) < 4.78 is 5.46. The van der Waals surface area contributed by atoms with Crippen LogP contribution in [0.5, 0.6) is 0 Å². The number of benzene rings is 1. The fourth-order valence-corrected chi connectivity index (χ4v) is 1.65. The molecule has 0 aliphatic rings. The molecule has 2 heterocycles. The van der Waals surface area contributed by atoms with Crippen molar-refractivity contribution in [2.45, 2.75) is 6.92 Å². The van der Waals surface area contributed by atoms with Gasteiger partial charge in [0.05, 0.1) is 5.52 Å². The standard InChI is InChI=1S/C9H7NO/c1-5-8-6-3-2-4-7(8)11-9(5)10-6/h2-4,10H,1H3. The molecule has 2 bridgehead atoms. The Hall–Kier alpha value is -1.44. The maximum atomic E-state index is 5.46. The Morgan fingerprint density at radius 1 is 1.36 bits per heavy atom. The van der Waals surface area contributed by atoms with Gasteiger partial charge < -0.3 is 9.40 Å². The van der Waals surface area contributed by atoms with Crippen molar-refractivity contribution in [2.24, 2.45) is 0 Å². The van der Waals surface area contributed by atoms with Crippen molar-refractivity contribution < 1.29 is 4.42 Å². The van der Waals surface area contributed by atoms with Crippen LogP contribution in [0, 0.1) is 6.92 Å². The van der Waals surface area contributed by atoms with Gasteiger partial charge >= 0.3 is 0 Å². The van der Waals surface area contributed by atoms with E-state index in [0.29, 0.717) is 0 Å². The van der Waals surface area contributed by atoms with Crippen LogP contribution in [0.15, 0.2) is 22.6 Å². The number of hydrogen-bond donors (Lipinski definition) is 1. The first-order valence-electron chi connectivity index (χ1n) is 3.65. The van der Waals surface area contributed by atoms with Gasteiger partial charge in [0.25, 0.3) is 0 Å². The molecule has 0 unspecified atom stereocenters. The van der Waals surface area contributed by atoms with E-state index in [0.717, 1.165) is 11.3 Å². The van der Waals surface area contributed by atoms with Crippen LogP contribution < -0.4 is 0 Å². The minimum absolute atomic E-state index is 0.908. The highest BCUT2D eigenvalue weighted by molar-refractivity contribution is 6.02. The highest BCUT2D eigenvalue weighted by atomic mass is 16.3. The van der Waals surface area contributed by atoms with E-state index in [1.807, 2.05) is 12.1 Å². The van der Waals surface area contributed by atoms with Crippen molar-refractivity contribution in [2.75, 3.05) is 0 Å². The van der Waals surface area contributed by atoms with Gasteiger partial charge in [0.15, 0.2) is 0 Å². The molecular weight excluding hydrogens is 138 g/mol. The first-order chi connectivity index (χ1) is 5.36. The first-order valence-corrected chi connectivity index (χ1v) is 3.65. The van der Waals surface area contributed by atoms with Crippen LogP contribution in [0.25, 0.3) is 22.2 Å². The van der Waals surface area contributed by atoms with E-state index < -0.39 is 0 Å². The Morgan fingerprint density at radius 2 is 2.27 bits per heavy atom. The first kappa shape index (κ1) is 5.24. The SMILES string of the molecule is Cc1c2[nH]c3cccc(o2)c13. The molecular formula is C9H7NO. The largest absolute Gasteiger partial charge is 0.440 e. The molecule has 0 saturated heterocycles. The summed E-state index contributed by atoms with van der Waals surface area (Å²) in [5.74, 6) is 0. The van der Waals surface area contributed by atoms with Crippen molar-refractivity contribution >= 4 is 22.2 Å². The summed E-state index contributed by atoms with van der Waals surface area (Å²) in [6.07, 6.45) is 0. The van der Waals surface area contributed by atoms with E-state index in [9.17, 15) is 0 Å². The van der Waals surface area contributed by atoms with E-state index in [2.05, 4.69) is 18.0 Å². The van der Waals surface area contributed by atoms with Crippen molar-refractivity contribution in [3.63, 3.8) is 0 Å². The summed E-state index contributed by atoms with van der Waals surface area (Å²) in [7, 11) is 0. The molecule has 0 fully saturated rings. The molecule has 0 aliphatic heterocycles. The minimum Gasteiger partial charge on any atom is -0.440 e. The van der Waals surface area contributed by atoms with E-state index in [1.165, 1.54) is 16.5 Å². The average molecular weight is 145 g/mol. The number of nitrogens with one attached hydrogen (secondary N) is 1. The van der Waals surface area contributed by atoms with Crippen LogP contribution in [0.1, 0.15) is 5.56 Å². The number of fused-ring (bicyclic) bond motifs is 1. The van der Waals surface area contributed by atoms with E-state index in [4.69, 9.17) is 4.42 Å². The summed E-state index contributed by atoms with van der Waals surface area (Å²) in [5.41, 5.74) is 4.32. The summed E-state index contributed by atoms with van der Waals surface area (Å²) in [6, 6.07) is 6.06. The molecule has 3 aromatic rings. The lowest BCUT2D eigenvalue weighted by Crippen LogP contribution is -1.70. The van der Waals surface area contributed by atoms with E-state index in [1.54, 1.807) is 0 Å². The van der Waals surface area contributed by atoms with Crippen molar-refractivity contribution in [1.29, 1.82) is 0 Å². The van der Waals surface area contributed by atoms with E-state index in [-0.39, 0.29) is 0 Å². The van der Waals surface area contributed by atoms with Gasteiger partial charge in [-0.25, -0.2) is 0 Å². The highest BCUT2D eigenvalue weighted by Crippen LogP contribution is 2.31. The normalized spacial score (nSPS) is 12.1. The molecule has 0 saturated carbocycles. The minimum atomic E-state index is 0.908. The van der Waals surface area contributed by atoms with Crippen LogP contribution in [0.3, 0.4) is 0 Å². The van der Waals surface area contributed by atoms with Crippen molar-refractivity contribution in [3.05, 3.63) is 23.8 Å². The fourth-order valence-electron chi connectivity index (χ4n) is 1.65. The second-order valence-corrected chi connectivity index (χ2v) is 2.86. The van der Waals surface area contributed by atoms with Crippen LogP contribution >= 0.6 is 0 Å². The fraction of sp³-hybridized carbons (Fsp3) is 0.111. The monoisotopic (exact) mass is 145 g/mol. The predicted molar refractivity (Wildman–Crippen MR) is 44.0 cm³/mol. The molecule has 1 aromatic carbocycles. The Labute approximate surface area is 63.1 Å².